The van der Waals surface area contributed by atoms with Gasteiger partial charge < -0.3 is 16.2 Å². The number of carbonyl (C=O) groups is 1. The lowest BCUT2D eigenvalue weighted by atomic mass is 10.1. The van der Waals surface area contributed by atoms with E-state index in [1.807, 2.05) is 29.1 Å². The van der Waals surface area contributed by atoms with Gasteiger partial charge in [0.25, 0.3) is 5.91 Å². The smallest absolute Gasteiger partial charge is 0.318 e. The Morgan fingerprint density at radius 3 is 2.86 bits per heavy atom. The summed E-state index contributed by atoms with van der Waals surface area (Å²) in [6, 6.07) is 9.27. The number of thiophene rings is 1. The van der Waals surface area contributed by atoms with Crippen molar-refractivity contribution in [2.24, 2.45) is 5.73 Å². The van der Waals surface area contributed by atoms with Gasteiger partial charge >= 0.3 is 6.01 Å². The number of hydrogen-bond acceptors (Lipinski definition) is 7. The number of amides is 1. The third-order valence-electron chi connectivity index (χ3n) is 4.21. The molecule has 1 aromatic carbocycles. The van der Waals surface area contributed by atoms with Crippen LogP contribution in [0.15, 0.2) is 42.7 Å². The van der Waals surface area contributed by atoms with E-state index in [4.69, 9.17) is 27.8 Å². The highest BCUT2D eigenvalue weighted by Crippen LogP contribution is 2.39. The maximum Gasteiger partial charge on any atom is 0.318 e. The zero-order valence-electron chi connectivity index (χ0n) is 15.2. The summed E-state index contributed by atoms with van der Waals surface area (Å²) < 4.78 is 7.59. The average molecular weight is 429 g/mol. The molecule has 0 aliphatic heterocycles. The van der Waals surface area contributed by atoms with Crippen molar-refractivity contribution < 1.29 is 9.53 Å². The fourth-order valence-corrected chi connectivity index (χ4v) is 4.05. The lowest BCUT2D eigenvalue weighted by molar-refractivity contribution is 0.100. The topological polar surface area (TPSA) is 122 Å². The summed E-state index contributed by atoms with van der Waals surface area (Å²) in [4.78, 5) is 21.5. The number of nitrogens with zero attached hydrogens (tertiary/aromatic N) is 4. The molecule has 10 heteroatoms. The molecule has 0 bridgehead atoms. The third-order valence-corrected chi connectivity index (χ3v) is 5.56. The maximum absolute atomic E-state index is 11.7. The van der Waals surface area contributed by atoms with Crippen molar-refractivity contribution in [3.63, 3.8) is 0 Å². The molecule has 0 spiro atoms. The molecular weight excluding hydrogens is 412 g/mol. The van der Waals surface area contributed by atoms with Gasteiger partial charge in [0.2, 0.25) is 0 Å². The molecule has 148 valence electrons. The van der Waals surface area contributed by atoms with Crippen LogP contribution in [0.5, 0.6) is 6.01 Å². The highest BCUT2D eigenvalue weighted by atomic mass is 35.5. The first-order valence-corrected chi connectivity index (χ1v) is 9.98. The second-order valence-corrected chi connectivity index (χ2v) is 7.66. The van der Waals surface area contributed by atoms with E-state index in [2.05, 4.69) is 15.1 Å². The molecule has 0 atom stereocenters. The van der Waals surface area contributed by atoms with Gasteiger partial charge in [-0.25, -0.2) is 0 Å². The third kappa shape index (κ3) is 4.01. The number of halogens is 1. The molecule has 0 saturated heterocycles. The summed E-state index contributed by atoms with van der Waals surface area (Å²) in [5, 5.41) is 5.27. The standard InChI is InChI=1S/C19H17ClN6O2S/c20-12-5-1-4-11(10-12)15-13-14(21)16(17(22)27)29-18(13)25-19(24-15)28-9-3-8-26-7-2-6-23-26/h1-2,4-7,10H,3,8-9,21H2,(H2,22,27). The van der Waals surface area contributed by atoms with E-state index >= 15 is 0 Å². The largest absolute Gasteiger partial charge is 0.463 e. The Morgan fingerprint density at radius 1 is 1.28 bits per heavy atom. The minimum Gasteiger partial charge on any atom is -0.463 e. The molecule has 0 fully saturated rings. The van der Waals surface area contributed by atoms with Crippen LogP contribution in [0, 0.1) is 0 Å². The normalized spacial score (nSPS) is 11.1. The Hall–Kier alpha value is -3.17. The molecule has 0 saturated carbocycles. The zero-order chi connectivity index (χ0) is 20.4. The number of nitrogen functional groups attached to an aromatic ring is 1. The van der Waals surface area contributed by atoms with Crippen LogP contribution in [0.4, 0.5) is 5.69 Å². The van der Waals surface area contributed by atoms with Crippen molar-refractivity contribution in [2.45, 2.75) is 13.0 Å². The number of benzene rings is 1. The number of aromatic nitrogens is 4. The van der Waals surface area contributed by atoms with E-state index in [0.29, 0.717) is 34.1 Å². The first-order chi connectivity index (χ1) is 14.0. The van der Waals surface area contributed by atoms with E-state index in [-0.39, 0.29) is 16.6 Å². The van der Waals surface area contributed by atoms with Crippen molar-refractivity contribution in [1.29, 1.82) is 0 Å². The van der Waals surface area contributed by atoms with Gasteiger partial charge in [0.05, 0.1) is 23.4 Å². The number of primary amides is 1. The first kappa shape index (κ1) is 19.2. The summed E-state index contributed by atoms with van der Waals surface area (Å²) in [5.41, 5.74) is 13.2. The minimum atomic E-state index is -0.607. The molecule has 4 N–H and O–H groups in total. The molecule has 0 unspecified atom stereocenters. The van der Waals surface area contributed by atoms with Gasteiger partial charge in [0.15, 0.2) is 0 Å². The van der Waals surface area contributed by atoms with Crippen LogP contribution >= 0.6 is 22.9 Å². The van der Waals surface area contributed by atoms with E-state index in [1.54, 1.807) is 18.3 Å². The van der Waals surface area contributed by atoms with Crippen LogP contribution in [-0.4, -0.2) is 32.3 Å². The number of nitrogens with two attached hydrogens (primary N) is 2. The predicted molar refractivity (Wildman–Crippen MR) is 113 cm³/mol. The molecule has 4 rings (SSSR count). The van der Waals surface area contributed by atoms with Crippen LogP contribution in [0.2, 0.25) is 5.02 Å². The maximum atomic E-state index is 11.7. The van der Waals surface area contributed by atoms with Crippen LogP contribution in [0.25, 0.3) is 21.5 Å². The van der Waals surface area contributed by atoms with Gasteiger partial charge in [-0.15, -0.1) is 11.3 Å². The molecule has 3 heterocycles. The van der Waals surface area contributed by atoms with Gasteiger partial charge in [0.1, 0.15) is 9.71 Å². The van der Waals surface area contributed by atoms with E-state index in [9.17, 15) is 4.79 Å². The van der Waals surface area contributed by atoms with Gasteiger partial charge in [-0.2, -0.15) is 15.1 Å². The van der Waals surface area contributed by atoms with E-state index in [0.717, 1.165) is 23.3 Å². The molecule has 0 aliphatic carbocycles. The van der Waals surface area contributed by atoms with Crippen molar-refractivity contribution >= 4 is 44.7 Å². The first-order valence-electron chi connectivity index (χ1n) is 8.79. The van der Waals surface area contributed by atoms with Crippen LogP contribution in [-0.2, 0) is 6.54 Å². The van der Waals surface area contributed by atoms with Crippen LogP contribution < -0.4 is 16.2 Å². The fourth-order valence-electron chi connectivity index (χ4n) is 2.92. The van der Waals surface area contributed by atoms with Crippen LogP contribution in [0.3, 0.4) is 0 Å². The van der Waals surface area contributed by atoms with Gasteiger partial charge in [-0.3, -0.25) is 9.48 Å². The lowest BCUT2D eigenvalue weighted by Gasteiger charge is -2.09. The lowest BCUT2D eigenvalue weighted by Crippen LogP contribution is -2.10. The summed E-state index contributed by atoms with van der Waals surface area (Å²) in [5.74, 6) is -0.607. The number of hydrogen-bond donors (Lipinski definition) is 2. The van der Waals surface area contributed by atoms with Crippen molar-refractivity contribution in [3.8, 4) is 17.3 Å². The fraction of sp³-hybridized carbons (Fsp3) is 0.158. The molecule has 29 heavy (non-hydrogen) atoms. The summed E-state index contributed by atoms with van der Waals surface area (Å²) in [6.07, 6.45) is 4.35. The molecule has 0 aliphatic rings. The zero-order valence-corrected chi connectivity index (χ0v) is 16.8. The summed E-state index contributed by atoms with van der Waals surface area (Å²) in [6.45, 7) is 1.12. The number of rotatable bonds is 7. The Bertz CT molecular complexity index is 1180. The van der Waals surface area contributed by atoms with Crippen molar-refractivity contribution in [1.82, 2.24) is 19.7 Å². The number of aryl methyl sites for hydroxylation is 1. The van der Waals surface area contributed by atoms with E-state index in [1.165, 1.54) is 0 Å². The molecular formula is C19H17ClN6O2S. The SMILES string of the molecule is NC(=O)c1sc2nc(OCCCn3cccn3)nc(-c3cccc(Cl)c3)c2c1N. The van der Waals surface area contributed by atoms with Crippen molar-refractivity contribution in [2.75, 3.05) is 12.3 Å². The molecule has 4 aromatic rings. The molecule has 1 amide bonds. The summed E-state index contributed by atoms with van der Waals surface area (Å²) >= 11 is 7.27. The van der Waals surface area contributed by atoms with E-state index < -0.39 is 5.91 Å². The number of fused-ring (bicyclic) bond motifs is 1. The second-order valence-electron chi connectivity index (χ2n) is 6.23. The molecule has 0 radical (unpaired) electrons. The van der Waals surface area contributed by atoms with Crippen molar-refractivity contribution in [3.05, 3.63) is 52.6 Å². The number of anilines is 1. The predicted octanol–water partition coefficient (Wildman–Crippen LogP) is 3.36. The number of carbonyl (C=O) groups excluding carboxylic acids is 1. The summed E-state index contributed by atoms with van der Waals surface area (Å²) in [7, 11) is 0. The Balaban J connectivity index is 1.69. The Kier molecular flexibility index (Phi) is 5.32. The van der Waals surface area contributed by atoms with Gasteiger partial charge in [-0.1, -0.05) is 23.7 Å². The number of ether oxygens (including phenoxy) is 1. The molecule has 3 aromatic heterocycles. The molecule has 8 nitrogen and oxygen atoms in total. The minimum absolute atomic E-state index is 0.199. The average Bonchev–Trinajstić information content (AvgIpc) is 3.33. The van der Waals surface area contributed by atoms with Crippen LogP contribution in [0.1, 0.15) is 16.1 Å². The Labute approximate surface area is 175 Å². The Morgan fingerprint density at radius 2 is 2.14 bits per heavy atom. The highest BCUT2D eigenvalue weighted by molar-refractivity contribution is 7.21. The van der Waals surface area contributed by atoms with Gasteiger partial charge in [-0.05, 0) is 18.2 Å². The second kappa shape index (κ2) is 8.06. The van der Waals surface area contributed by atoms with Gasteiger partial charge in [0, 0.05) is 35.9 Å². The highest BCUT2D eigenvalue weighted by Gasteiger charge is 2.21. The quantitative estimate of drug-likeness (QED) is 0.435. The monoisotopic (exact) mass is 428 g/mol.